The van der Waals surface area contributed by atoms with Crippen LogP contribution in [0.4, 0.5) is 0 Å². The third kappa shape index (κ3) is 1.40. The quantitative estimate of drug-likeness (QED) is 0.728. The second-order valence-electron chi connectivity index (χ2n) is 3.62. The van der Waals surface area contributed by atoms with Crippen molar-refractivity contribution in [3.8, 4) is 0 Å². The monoisotopic (exact) mass is 213 g/mol. The van der Waals surface area contributed by atoms with Crippen molar-refractivity contribution in [3.05, 3.63) is 22.6 Å². The van der Waals surface area contributed by atoms with E-state index in [1.165, 1.54) is 0 Å². The molecule has 0 atom stereocenters. The normalized spacial score (nSPS) is 15.8. The lowest BCUT2D eigenvalue weighted by Gasteiger charge is -2.21. The Morgan fingerprint density at radius 3 is 2.93 bits per heavy atom. The van der Waals surface area contributed by atoms with Gasteiger partial charge >= 0.3 is 0 Å². The predicted octanol–water partition coefficient (Wildman–Crippen LogP) is 2.21. The first kappa shape index (κ1) is 9.55. The van der Waals surface area contributed by atoms with Gasteiger partial charge in [-0.1, -0.05) is 11.6 Å². The third-order valence-electron chi connectivity index (χ3n) is 2.23. The fourth-order valence-corrected chi connectivity index (χ4v) is 1.69. The lowest BCUT2D eigenvalue weighted by molar-refractivity contribution is -0.0553. The van der Waals surface area contributed by atoms with E-state index in [1.807, 2.05) is 4.68 Å². The molecule has 0 radical (unpaired) electrons. The summed E-state index contributed by atoms with van der Waals surface area (Å²) in [7, 11) is 0. The van der Waals surface area contributed by atoms with Crippen molar-refractivity contribution in [1.29, 1.82) is 0 Å². The first-order valence-corrected chi connectivity index (χ1v) is 4.87. The number of halogens is 1. The molecule has 0 saturated carbocycles. The van der Waals surface area contributed by atoms with E-state index in [9.17, 15) is 5.21 Å². The Labute approximate surface area is 87.3 Å². The molecule has 0 unspecified atom stereocenters. The molecule has 0 spiro atoms. The number of nitrogens with zero attached hydrogens (tertiary/aromatic N) is 3. The van der Waals surface area contributed by atoms with Crippen LogP contribution in [0.25, 0.3) is 6.08 Å². The molecule has 0 aliphatic carbocycles. The highest BCUT2D eigenvalue weighted by molar-refractivity contribution is 6.31. The molecule has 0 fully saturated rings. The Hall–Kier alpha value is -1.00. The maximum atomic E-state index is 9.37. The van der Waals surface area contributed by atoms with Crippen LogP contribution in [0.5, 0.6) is 0 Å². The van der Waals surface area contributed by atoms with Gasteiger partial charge in [-0.25, -0.2) is 5.06 Å². The lowest BCUT2D eigenvalue weighted by atomic mass is 10.2. The molecule has 14 heavy (non-hydrogen) atoms. The van der Waals surface area contributed by atoms with Crippen LogP contribution in [0.15, 0.2) is 11.4 Å². The van der Waals surface area contributed by atoms with Crippen LogP contribution in [0.1, 0.15) is 31.1 Å². The van der Waals surface area contributed by atoms with Gasteiger partial charge in [0.1, 0.15) is 5.16 Å². The van der Waals surface area contributed by atoms with Crippen molar-refractivity contribution >= 4 is 17.7 Å². The van der Waals surface area contributed by atoms with E-state index >= 15 is 0 Å². The highest BCUT2D eigenvalue weighted by Gasteiger charge is 2.19. The average Bonchev–Trinajstić information content (AvgIpc) is 2.48. The molecule has 0 amide bonds. The van der Waals surface area contributed by atoms with E-state index in [-0.39, 0.29) is 0 Å². The fraction of sp³-hybridized carbons (Fsp3) is 0.444. The van der Waals surface area contributed by atoms with Crippen molar-refractivity contribution < 1.29 is 5.21 Å². The van der Waals surface area contributed by atoms with Crippen LogP contribution in [-0.2, 0) is 6.54 Å². The summed E-state index contributed by atoms with van der Waals surface area (Å²) in [5.74, 6) is 0. The summed E-state index contributed by atoms with van der Waals surface area (Å²) < 4.78 is 1.89. The molecule has 5 heteroatoms. The molecular formula is C9H12ClN3O. The summed E-state index contributed by atoms with van der Waals surface area (Å²) in [4.78, 5) is 0. The van der Waals surface area contributed by atoms with Gasteiger partial charge in [0.2, 0.25) is 0 Å². The van der Waals surface area contributed by atoms with Crippen LogP contribution >= 0.6 is 11.6 Å². The van der Waals surface area contributed by atoms with E-state index in [0.29, 0.717) is 17.7 Å². The Morgan fingerprint density at radius 1 is 1.57 bits per heavy atom. The van der Waals surface area contributed by atoms with E-state index < -0.39 is 0 Å². The molecule has 0 bridgehead atoms. The van der Waals surface area contributed by atoms with Crippen LogP contribution in [0, 0.1) is 0 Å². The van der Waals surface area contributed by atoms with Gasteiger partial charge in [0, 0.05) is 17.7 Å². The molecule has 1 N–H and O–H groups in total. The highest BCUT2D eigenvalue weighted by Crippen LogP contribution is 2.26. The maximum absolute atomic E-state index is 9.37. The summed E-state index contributed by atoms with van der Waals surface area (Å²) in [6.07, 6.45) is 3.49. The van der Waals surface area contributed by atoms with E-state index in [0.717, 1.165) is 16.3 Å². The SMILES string of the molecule is CC(C)n1ncc2c1C=C(Cl)N(O)C2. The topological polar surface area (TPSA) is 41.3 Å². The largest absolute Gasteiger partial charge is 0.287 e. The summed E-state index contributed by atoms with van der Waals surface area (Å²) in [6.45, 7) is 4.51. The molecule has 1 aromatic rings. The van der Waals surface area contributed by atoms with E-state index in [2.05, 4.69) is 18.9 Å². The molecule has 0 saturated heterocycles. The van der Waals surface area contributed by atoms with Gasteiger partial charge in [-0.15, -0.1) is 0 Å². The Bertz CT molecular complexity index is 383. The Balaban J connectivity index is 2.48. The molecule has 2 heterocycles. The summed E-state index contributed by atoms with van der Waals surface area (Å²) in [6, 6.07) is 0.296. The van der Waals surface area contributed by atoms with Crippen LogP contribution in [-0.4, -0.2) is 20.1 Å². The number of rotatable bonds is 1. The second kappa shape index (κ2) is 3.29. The fourth-order valence-electron chi connectivity index (χ4n) is 1.52. The molecule has 1 aromatic heterocycles. The molecular weight excluding hydrogens is 202 g/mol. The Kier molecular flexibility index (Phi) is 2.25. The van der Waals surface area contributed by atoms with E-state index in [1.54, 1.807) is 12.3 Å². The number of hydrogen-bond donors (Lipinski definition) is 1. The number of aromatic nitrogens is 2. The van der Waals surface area contributed by atoms with Crippen molar-refractivity contribution in [2.45, 2.75) is 26.4 Å². The van der Waals surface area contributed by atoms with Gasteiger partial charge < -0.3 is 0 Å². The molecule has 1 aliphatic heterocycles. The minimum Gasteiger partial charge on any atom is -0.287 e. The van der Waals surface area contributed by atoms with Gasteiger partial charge in [-0.3, -0.25) is 9.89 Å². The zero-order chi connectivity index (χ0) is 10.3. The average molecular weight is 214 g/mol. The molecule has 76 valence electrons. The van der Waals surface area contributed by atoms with Gasteiger partial charge in [0.05, 0.1) is 18.4 Å². The predicted molar refractivity (Wildman–Crippen MR) is 53.8 cm³/mol. The molecule has 1 aliphatic rings. The zero-order valence-corrected chi connectivity index (χ0v) is 8.86. The number of fused-ring (bicyclic) bond motifs is 1. The minimum absolute atomic E-state index is 0.296. The molecule has 0 aromatic carbocycles. The van der Waals surface area contributed by atoms with Crippen molar-refractivity contribution in [1.82, 2.24) is 14.8 Å². The van der Waals surface area contributed by atoms with Crippen LogP contribution in [0.3, 0.4) is 0 Å². The smallest absolute Gasteiger partial charge is 0.131 e. The van der Waals surface area contributed by atoms with Gasteiger partial charge in [-0.05, 0) is 13.8 Å². The highest BCUT2D eigenvalue weighted by atomic mass is 35.5. The standard InChI is InChI=1S/C9H12ClN3O/c1-6(2)13-8-3-9(10)12(14)5-7(8)4-11-13/h3-4,6,14H,5H2,1-2H3. The summed E-state index contributed by atoms with van der Waals surface area (Å²) >= 11 is 5.82. The molecule has 4 nitrogen and oxygen atoms in total. The second-order valence-corrected chi connectivity index (χ2v) is 4.01. The van der Waals surface area contributed by atoms with Crippen LogP contribution in [0.2, 0.25) is 0 Å². The van der Waals surface area contributed by atoms with Crippen LogP contribution < -0.4 is 0 Å². The van der Waals surface area contributed by atoms with Gasteiger partial charge in [-0.2, -0.15) is 5.10 Å². The number of hydrogen-bond acceptors (Lipinski definition) is 3. The zero-order valence-electron chi connectivity index (χ0n) is 8.11. The van der Waals surface area contributed by atoms with Crippen molar-refractivity contribution in [2.75, 3.05) is 0 Å². The van der Waals surface area contributed by atoms with Crippen molar-refractivity contribution in [2.24, 2.45) is 0 Å². The number of hydroxylamine groups is 2. The summed E-state index contributed by atoms with van der Waals surface area (Å²) in [5.41, 5.74) is 1.97. The first-order valence-electron chi connectivity index (χ1n) is 4.49. The summed E-state index contributed by atoms with van der Waals surface area (Å²) in [5, 5.41) is 15.0. The minimum atomic E-state index is 0.296. The van der Waals surface area contributed by atoms with Crippen molar-refractivity contribution in [3.63, 3.8) is 0 Å². The van der Waals surface area contributed by atoms with Gasteiger partial charge in [0.15, 0.2) is 0 Å². The molecule has 2 rings (SSSR count). The maximum Gasteiger partial charge on any atom is 0.131 e. The third-order valence-corrected chi connectivity index (χ3v) is 2.53. The first-order chi connectivity index (χ1) is 6.59. The van der Waals surface area contributed by atoms with Gasteiger partial charge in [0.25, 0.3) is 0 Å². The lowest BCUT2D eigenvalue weighted by Crippen LogP contribution is -2.19. The van der Waals surface area contributed by atoms with E-state index in [4.69, 9.17) is 11.6 Å². The Morgan fingerprint density at radius 2 is 2.29 bits per heavy atom.